The molecule has 0 saturated heterocycles. The van der Waals surface area contributed by atoms with Gasteiger partial charge in [-0.1, -0.05) is 30.3 Å². The van der Waals surface area contributed by atoms with Gasteiger partial charge in [-0.3, -0.25) is 0 Å². The van der Waals surface area contributed by atoms with Gasteiger partial charge in [0.1, 0.15) is 0 Å². The molecule has 0 amide bonds. The summed E-state index contributed by atoms with van der Waals surface area (Å²) in [6.07, 6.45) is 0. The molecular formula is C18H22N2S. The van der Waals surface area contributed by atoms with Gasteiger partial charge in [0, 0.05) is 5.69 Å². The molecule has 1 atom stereocenters. The van der Waals surface area contributed by atoms with Crippen LogP contribution < -0.4 is 10.6 Å². The van der Waals surface area contributed by atoms with Gasteiger partial charge in [-0.05, 0) is 74.3 Å². The topological polar surface area (TPSA) is 24.1 Å². The average molecular weight is 298 g/mol. The fourth-order valence-corrected chi connectivity index (χ4v) is 2.63. The lowest BCUT2D eigenvalue weighted by molar-refractivity contribution is 0.717. The Hall–Kier alpha value is -1.87. The fourth-order valence-electron chi connectivity index (χ4n) is 2.33. The molecule has 0 saturated carbocycles. The van der Waals surface area contributed by atoms with Crippen molar-refractivity contribution in [3.8, 4) is 0 Å². The van der Waals surface area contributed by atoms with Crippen molar-refractivity contribution in [3.05, 3.63) is 64.7 Å². The molecule has 0 aliphatic rings. The summed E-state index contributed by atoms with van der Waals surface area (Å²) < 4.78 is 0. The second-order valence-corrected chi connectivity index (χ2v) is 5.88. The van der Waals surface area contributed by atoms with Crippen LogP contribution in [-0.4, -0.2) is 5.11 Å². The Bertz CT molecular complexity index is 649. The Morgan fingerprint density at radius 3 is 2.33 bits per heavy atom. The first kappa shape index (κ1) is 15.5. The second-order valence-electron chi connectivity index (χ2n) is 5.48. The number of rotatable bonds is 3. The SMILES string of the molecule is Cc1ccc(NC(=S)N[C@H](C)c2ccccc2C)cc1C. The maximum Gasteiger partial charge on any atom is 0.171 e. The van der Waals surface area contributed by atoms with Gasteiger partial charge in [0.25, 0.3) is 0 Å². The summed E-state index contributed by atoms with van der Waals surface area (Å²) >= 11 is 5.41. The molecule has 110 valence electrons. The summed E-state index contributed by atoms with van der Waals surface area (Å²) in [6.45, 7) is 8.45. The molecule has 2 aromatic rings. The van der Waals surface area contributed by atoms with Crippen molar-refractivity contribution < 1.29 is 0 Å². The maximum atomic E-state index is 5.41. The van der Waals surface area contributed by atoms with E-state index in [1.807, 2.05) is 0 Å². The van der Waals surface area contributed by atoms with E-state index in [1.165, 1.54) is 22.3 Å². The van der Waals surface area contributed by atoms with E-state index < -0.39 is 0 Å². The molecule has 2 N–H and O–H groups in total. The van der Waals surface area contributed by atoms with Crippen molar-refractivity contribution in [2.45, 2.75) is 33.7 Å². The number of hydrogen-bond donors (Lipinski definition) is 2. The van der Waals surface area contributed by atoms with Gasteiger partial charge in [0.15, 0.2) is 5.11 Å². The third kappa shape index (κ3) is 4.05. The van der Waals surface area contributed by atoms with Crippen LogP contribution in [0.3, 0.4) is 0 Å². The highest BCUT2D eigenvalue weighted by atomic mass is 32.1. The molecule has 0 aliphatic heterocycles. The number of nitrogens with one attached hydrogen (secondary N) is 2. The maximum absolute atomic E-state index is 5.41. The first-order valence-corrected chi connectivity index (χ1v) is 7.58. The zero-order chi connectivity index (χ0) is 15.4. The molecule has 2 aromatic carbocycles. The van der Waals surface area contributed by atoms with Crippen LogP contribution in [0.15, 0.2) is 42.5 Å². The quantitative estimate of drug-likeness (QED) is 0.806. The van der Waals surface area contributed by atoms with Crippen molar-refractivity contribution in [3.63, 3.8) is 0 Å². The summed E-state index contributed by atoms with van der Waals surface area (Å²) in [4.78, 5) is 0. The number of hydrogen-bond acceptors (Lipinski definition) is 1. The molecule has 0 fully saturated rings. The van der Waals surface area contributed by atoms with E-state index in [1.54, 1.807) is 0 Å². The van der Waals surface area contributed by atoms with Gasteiger partial charge in [-0.25, -0.2) is 0 Å². The minimum Gasteiger partial charge on any atom is -0.356 e. The van der Waals surface area contributed by atoms with Crippen LogP contribution in [-0.2, 0) is 0 Å². The molecule has 0 radical (unpaired) electrons. The molecular weight excluding hydrogens is 276 g/mol. The standard InChI is InChI=1S/C18H22N2S/c1-12-9-10-16(11-14(12)3)20-18(21)19-15(4)17-8-6-5-7-13(17)2/h5-11,15H,1-4H3,(H2,19,20,21)/t15-/m1/s1. The largest absolute Gasteiger partial charge is 0.356 e. The monoisotopic (exact) mass is 298 g/mol. The van der Waals surface area contributed by atoms with Crippen molar-refractivity contribution in [2.24, 2.45) is 0 Å². The van der Waals surface area contributed by atoms with Crippen molar-refractivity contribution in [1.82, 2.24) is 5.32 Å². The van der Waals surface area contributed by atoms with Crippen LogP contribution in [0.1, 0.15) is 35.2 Å². The van der Waals surface area contributed by atoms with Crippen LogP contribution in [0.5, 0.6) is 0 Å². The molecule has 2 nitrogen and oxygen atoms in total. The molecule has 0 spiro atoms. The Morgan fingerprint density at radius 1 is 0.952 bits per heavy atom. The lowest BCUT2D eigenvalue weighted by Crippen LogP contribution is -2.31. The average Bonchev–Trinajstić information content (AvgIpc) is 2.43. The number of benzene rings is 2. The number of thiocarbonyl (C=S) groups is 1. The minimum atomic E-state index is 0.178. The van der Waals surface area contributed by atoms with E-state index in [0.29, 0.717) is 5.11 Å². The highest BCUT2D eigenvalue weighted by Crippen LogP contribution is 2.18. The third-order valence-corrected chi connectivity index (χ3v) is 3.99. The zero-order valence-electron chi connectivity index (χ0n) is 13.0. The normalized spacial score (nSPS) is 11.8. The van der Waals surface area contributed by atoms with Crippen LogP contribution in [0.25, 0.3) is 0 Å². The minimum absolute atomic E-state index is 0.178. The molecule has 0 aliphatic carbocycles. The van der Waals surface area contributed by atoms with Gasteiger partial charge in [-0.15, -0.1) is 0 Å². The molecule has 0 heterocycles. The molecule has 3 heteroatoms. The van der Waals surface area contributed by atoms with Crippen LogP contribution in [0, 0.1) is 20.8 Å². The first-order chi connectivity index (χ1) is 9.97. The fraction of sp³-hybridized carbons (Fsp3) is 0.278. The van der Waals surface area contributed by atoms with E-state index in [-0.39, 0.29) is 6.04 Å². The van der Waals surface area contributed by atoms with Crippen molar-refractivity contribution >= 4 is 23.0 Å². The Morgan fingerprint density at radius 2 is 1.67 bits per heavy atom. The molecule has 2 rings (SSSR count). The molecule has 0 bridgehead atoms. The van der Waals surface area contributed by atoms with Crippen molar-refractivity contribution in [1.29, 1.82) is 0 Å². The summed E-state index contributed by atoms with van der Waals surface area (Å²) in [5.41, 5.74) is 6.10. The summed E-state index contributed by atoms with van der Waals surface area (Å²) in [6, 6.07) is 14.8. The van der Waals surface area contributed by atoms with E-state index in [4.69, 9.17) is 12.2 Å². The number of anilines is 1. The lowest BCUT2D eigenvalue weighted by atomic mass is 10.0. The third-order valence-electron chi connectivity index (χ3n) is 3.77. The summed E-state index contributed by atoms with van der Waals surface area (Å²) in [5.74, 6) is 0. The van der Waals surface area contributed by atoms with Gasteiger partial charge in [0.05, 0.1) is 6.04 Å². The van der Waals surface area contributed by atoms with Crippen molar-refractivity contribution in [2.75, 3.05) is 5.32 Å². The number of aryl methyl sites for hydroxylation is 3. The first-order valence-electron chi connectivity index (χ1n) is 7.17. The van der Waals surface area contributed by atoms with Gasteiger partial charge in [0.2, 0.25) is 0 Å². The Kier molecular flexibility index (Phi) is 4.97. The van der Waals surface area contributed by atoms with Gasteiger partial charge in [-0.2, -0.15) is 0 Å². The lowest BCUT2D eigenvalue weighted by Gasteiger charge is -2.19. The van der Waals surface area contributed by atoms with Crippen LogP contribution in [0.2, 0.25) is 0 Å². The van der Waals surface area contributed by atoms with Crippen LogP contribution >= 0.6 is 12.2 Å². The van der Waals surface area contributed by atoms with Crippen LogP contribution in [0.4, 0.5) is 5.69 Å². The Labute approximate surface area is 132 Å². The van der Waals surface area contributed by atoms with E-state index >= 15 is 0 Å². The smallest absolute Gasteiger partial charge is 0.171 e. The van der Waals surface area contributed by atoms with E-state index in [2.05, 4.69) is 80.8 Å². The van der Waals surface area contributed by atoms with E-state index in [0.717, 1.165) is 5.69 Å². The summed E-state index contributed by atoms with van der Waals surface area (Å²) in [5, 5.41) is 7.24. The predicted molar refractivity (Wildman–Crippen MR) is 94.9 cm³/mol. The molecule has 0 unspecified atom stereocenters. The van der Waals surface area contributed by atoms with Gasteiger partial charge >= 0.3 is 0 Å². The highest BCUT2D eigenvalue weighted by Gasteiger charge is 2.09. The summed E-state index contributed by atoms with van der Waals surface area (Å²) in [7, 11) is 0. The zero-order valence-corrected chi connectivity index (χ0v) is 13.8. The highest BCUT2D eigenvalue weighted by molar-refractivity contribution is 7.80. The van der Waals surface area contributed by atoms with Gasteiger partial charge < -0.3 is 10.6 Å². The molecule has 0 aromatic heterocycles. The predicted octanol–water partition coefficient (Wildman–Crippen LogP) is 4.66. The Balaban J connectivity index is 2.01. The second kappa shape index (κ2) is 6.72. The molecule has 21 heavy (non-hydrogen) atoms. The van der Waals surface area contributed by atoms with E-state index in [9.17, 15) is 0 Å².